The Morgan fingerprint density at radius 3 is 1.78 bits per heavy atom. The third-order valence-corrected chi connectivity index (χ3v) is 5.34. The van der Waals surface area contributed by atoms with Crippen LogP contribution in [0.15, 0.2) is 0 Å². The Labute approximate surface area is 111 Å². The zero-order chi connectivity index (χ0) is 12.4. The average Bonchev–Trinajstić information content (AvgIpc) is 2.28. The van der Waals surface area contributed by atoms with Crippen LogP contribution in [-0.4, -0.2) is 28.8 Å². The molecule has 2 heterocycles. The summed E-state index contributed by atoms with van der Waals surface area (Å²) < 4.78 is 0. The Morgan fingerprint density at radius 1 is 0.667 bits per heavy atom. The van der Waals surface area contributed by atoms with Crippen molar-refractivity contribution >= 4 is 5.78 Å². The topological polar surface area (TPSA) is 20.3 Å². The molecule has 2 nitrogen and oxygen atoms in total. The lowest BCUT2D eigenvalue weighted by Crippen LogP contribution is -2.56. The van der Waals surface area contributed by atoms with Crippen molar-refractivity contribution in [1.29, 1.82) is 0 Å². The molecule has 2 heteroatoms. The molecule has 0 amide bonds. The minimum atomic E-state index is 0.534. The molecule has 3 fully saturated rings. The van der Waals surface area contributed by atoms with E-state index < -0.39 is 0 Å². The van der Waals surface area contributed by atoms with Crippen molar-refractivity contribution in [3.05, 3.63) is 0 Å². The van der Waals surface area contributed by atoms with E-state index >= 15 is 0 Å². The molecule has 0 unspecified atom stereocenters. The fourth-order valence-corrected chi connectivity index (χ4v) is 4.54. The van der Waals surface area contributed by atoms with Crippen LogP contribution in [0.1, 0.15) is 77.0 Å². The lowest BCUT2D eigenvalue weighted by Gasteiger charge is -2.50. The second-order valence-electron chi connectivity index (χ2n) is 6.63. The molecule has 0 N–H and O–H groups in total. The average molecular weight is 249 g/mol. The first-order chi connectivity index (χ1) is 8.84. The SMILES string of the molecule is O=C1C[C@H]2CCC[C@@H](C1)N2C1CCCCCCC1. The number of piperidine rings is 2. The number of carbonyl (C=O) groups excluding carboxylic acids is 1. The molecule has 0 radical (unpaired) electrons. The minimum absolute atomic E-state index is 0.534. The first-order valence-corrected chi connectivity index (χ1v) is 8.14. The van der Waals surface area contributed by atoms with Gasteiger partial charge in [-0.2, -0.15) is 0 Å². The Bertz CT molecular complexity index is 277. The standard InChI is InChI=1S/C16H27NO/c18-16-11-14-9-6-10-15(12-16)17(14)13-7-4-2-1-3-5-8-13/h13-15H,1-12H2/t14-,15+. The van der Waals surface area contributed by atoms with Crippen molar-refractivity contribution in [2.45, 2.75) is 95.2 Å². The molecule has 3 aliphatic rings. The lowest BCUT2D eigenvalue weighted by atomic mass is 9.80. The second-order valence-corrected chi connectivity index (χ2v) is 6.63. The number of carbonyl (C=O) groups is 1. The summed E-state index contributed by atoms with van der Waals surface area (Å²) >= 11 is 0. The number of Topliss-reactive ketones (excluding diaryl/α,β-unsaturated/α-hetero) is 1. The Kier molecular flexibility index (Phi) is 4.03. The van der Waals surface area contributed by atoms with Crippen molar-refractivity contribution in [3.63, 3.8) is 0 Å². The van der Waals surface area contributed by atoms with Crippen molar-refractivity contribution in [2.75, 3.05) is 0 Å². The third-order valence-electron chi connectivity index (χ3n) is 5.34. The van der Waals surface area contributed by atoms with Gasteiger partial charge in [0.25, 0.3) is 0 Å². The van der Waals surface area contributed by atoms with Crippen molar-refractivity contribution in [1.82, 2.24) is 4.90 Å². The van der Waals surface area contributed by atoms with Gasteiger partial charge in [0.1, 0.15) is 5.78 Å². The van der Waals surface area contributed by atoms with Gasteiger partial charge in [-0.25, -0.2) is 0 Å². The molecule has 2 atom stereocenters. The summed E-state index contributed by atoms with van der Waals surface area (Å²) in [7, 11) is 0. The first-order valence-electron chi connectivity index (χ1n) is 8.14. The molecule has 2 bridgehead atoms. The number of hydrogen-bond acceptors (Lipinski definition) is 2. The Balaban J connectivity index is 1.70. The van der Waals surface area contributed by atoms with Gasteiger partial charge in [0.05, 0.1) is 0 Å². The van der Waals surface area contributed by atoms with E-state index in [9.17, 15) is 4.79 Å². The highest BCUT2D eigenvalue weighted by Gasteiger charge is 2.40. The maximum Gasteiger partial charge on any atom is 0.136 e. The first kappa shape index (κ1) is 12.7. The van der Waals surface area contributed by atoms with Crippen LogP contribution in [0.2, 0.25) is 0 Å². The number of hydrogen-bond donors (Lipinski definition) is 0. The highest BCUT2D eigenvalue weighted by atomic mass is 16.1. The molecule has 2 saturated heterocycles. The van der Waals surface area contributed by atoms with Gasteiger partial charge in [0.2, 0.25) is 0 Å². The highest BCUT2D eigenvalue weighted by molar-refractivity contribution is 5.80. The zero-order valence-electron chi connectivity index (χ0n) is 11.6. The molecule has 1 aliphatic carbocycles. The van der Waals surface area contributed by atoms with Crippen LogP contribution < -0.4 is 0 Å². The van der Waals surface area contributed by atoms with Gasteiger partial charge in [-0.05, 0) is 25.7 Å². The molecule has 2 aliphatic heterocycles. The zero-order valence-corrected chi connectivity index (χ0v) is 11.6. The van der Waals surface area contributed by atoms with E-state index in [1.165, 1.54) is 64.2 Å². The van der Waals surface area contributed by atoms with Crippen LogP contribution in [0, 0.1) is 0 Å². The summed E-state index contributed by atoms with van der Waals surface area (Å²) in [4.78, 5) is 14.6. The fourth-order valence-electron chi connectivity index (χ4n) is 4.54. The predicted octanol–water partition coefficient (Wildman–Crippen LogP) is 3.69. The number of fused-ring (bicyclic) bond motifs is 2. The van der Waals surface area contributed by atoms with E-state index in [2.05, 4.69) is 4.90 Å². The summed E-state index contributed by atoms with van der Waals surface area (Å²) in [5.74, 6) is 0.534. The molecule has 0 spiro atoms. The second kappa shape index (κ2) is 5.73. The van der Waals surface area contributed by atoms with Crippen LogP contribution in [0.3, 0.4) is 0 Å². The molecule has 3 rings (SSSR count). The predicted molar refractivity (Wildman–Crippen MR) is 73.6 cm³/mol. The maximum absolute atomic E-state index is 11.8. The van der Waals surface area contributed by atoms with E-state index in [1.54, 1.807) is 0 Å². The normalized spacial score (nSPS) is 36.1. The van der Waals surface area contributed by atoms with Crippen LogP contribution in [0.25, 0.3) is 0 Å². The number of rotatable bonds is 1. The Morgan fingerprint density at radius 2 is 1.17 bits per heavy atom. The van der Waals surface area contributed by atoms with E-state index in [1.807, 2.05) is 0 Å². The van der Waals surface area contributed by atoms with Gasteiger partial charge in [0, 0.05) is 31.0 Å². The quantitative estimate of drug-likeness (QED) is 0.706. The third kappa shape index (κ3) is 2.64. The van der Waals surface area contributed by atoms with E-state index in [0.717, 1.165) is 18.9 Å². The maximum atomic E-state index is 11.8. The number of ketones is 1. The van der Waals surface area contributed by atoms with Crippen LogP contribution in [0.5, 0.6) is 0 Å². The van der Waals surface area contributed by atoms with E-state index in [-0.39, 0.29) is 0 Å². The largest absolute Gasteiger partial charge is 0.300 e. The molecule has 0 aromatic heterocycles. The van der Waals surface area contributed by atoms with Gasteiger partial charge in [-0.1, -0.05) is 38.5 Å². The highest BCUT2D eigenvalue weighted by Crippen LogP contribution is 2.37. The van der Waals surface area contributed by atoms with Crippen molar-refractivity contribution in [2.24, 2.45) is 0 Å². The van der Waals surface area contributed by atoms with Crippen LogP contribution in [-0.2, 0) is 4.79 Å². The van der Waals surface area contributed by atoms with Gasteiger partial charge in [0.15, 0.2) is 0 Å². The Hall–Kier alpha value is -0.370. The van der Waals surface area contributed by atoms with E-state index in [4.69, 9.17) is 0 Å². The van der Waals surface area contributed by atoms with Crippen molar-refractivity contribution in [3.8, 4) is 0 Å². The van der Waals surface area contributed by atoms with Crippen LogP contribution in [0.4, 0.5) is 0 Å². The molecular weight excluding hydrogens is 222 g/mol. The fraction of sp³-hybridized carbons (Fsp3) is 0.938. The van der Waals surface area contributed by atoms with Crippen LogP contribution >= 0.6 is 0 Å². The smallest absolute Gasteiger partial charge is 0.136 e. The molecular formula is C16H27NO. The molecule has 18 heavy (non-hydrogen) atoms. The van der Waals surface area contributed by atoms with Crippen molar-refractivity contribution < 1.29 is 4.79 Å². The van der Waals surface area contributed by atoms with Gasteiger partial charge < -0.3 is 0 Å². The molecule has 0 aromatic carbocycles. The number of nitrogens with zero attached hydrogens (tertiary/aromatic N) is 1. The van der Waals surface area contributed by atoms with Gasteiger partial charge >= 0.3 is 0 Å². The molecule has 102 valence electrons. The monoisotopic (exact) mass is 249 g/mol. The minimum Gasteiger partial charge on any atom is -0.300 e. The lowest BCUT2D eigenvalue weighted by molar-refractivity contribution is -0.129. The summed E-state index contributed by atoms with van der Waals surface area (Å²) in [6.07, 6.45) is 15.5. The summed E-state index contributed by atoms with van der Waals surface area (Å²) in [5.41, 5.74) is 0. The van der Waals surface area contributed by atoms with Gasteiger partial charge in [-0.15, -0.1) is 0 Å². The summed E-state index contributed by atoms with van der Waals surface area (Å²) in [5, 5.41) is 0. The molecule has 0 aromatic rings. The van der Waals surface area contributed by atoms with E-state index in [0.29, 0.717) is 17.9 Å². The summed E-state index contributed by atoms with van der Waals surface area (Å²) in [6.45, 7) is 0. The molecule has 1 saturated carbocycles. The van der Waals surface area contributed by atoms with Gasteiger partial charge in [-0.3, -0.25) is 9.69 Å². The summed E-state index contributed by atoms with van der Waals surface area (Å²) in [6, 6.07) is 2.01.